The molecule has 1 atom stereocenters. The van der Waals surface area contributed by atoms with Gasteiger partial charge in [0.1, 0.15) is 5.76 Å². The average molecular weight is 210 g/mol. The monoisotopic (exact) mass is 210 g/mol. The van der Waals surface area contributed by atoms with Gasteiger partial charge in [-0.05, 0) is 39.1 Å². The van der Waals surface area contributed by atoms with Crippen LogP contribution < -0.4 is 10.6 Å². The fourth-order valence-electron chi connectivity index (χ4n) is 1.35. The van der Waals surface area contributed by atoms with Crippen molar-refractivity contribution in [1.29, 1.82) is 0 Å². The normalized spacial score (nSPS) is 12.4. The Morgan fingerprint density at radius 3 is 3.00 bits per heavy atom. The van der Waals surface area contributed by atoms with Gasteiger partial charge in [-0.3, -0.25) is 4.79 Å². The molecule has 0 unspecified atom stereocenters. The third kappa shape index (κ3) is 4.16. The van der Waals surface area contributed by atoms with Crippen LogP contribution in [0.1, 0.15) is 31.6 Å². The largest absolute Gasteiger partial charge is 0.467 e. The van der Waals surface area contributed by atoms with E-state index in [0.29, 0.717) is 6.42 Å². The zero-order valence-corrected chi connectivity index (χ0v) is 9.25. The van der Waals surface area contributed by atoms with Gasteiger partial charge < -0.3 is 15.1 Å². The number of nitrogens with one attached hydrogen (secondary N) is 2. The lowest BCUT2D eigenvalue weighted by Crippen LogP contribution is -2.26. The summed E-state index contributed by atoms with van der Waals surface area (Å²) in [6, 6.07) is 3.62. The van der Waals surface area contributed by atoms with Gasteiger partial charge in [-0.15, -0.1) is 0 Å². The Morgan fingerprint density at radius 1 is 1.60 bits per heavy atom. The van der Waals surface area contributed by atoms with Gasteiger partial charge in [0, 0.05) is 6.42 Å². The van der Waals surface area contributed by atoms with Gasteiger partial charge in [0.15, 0.2) is 0 Å². The summed E-state index contributed by atoms with van der Waals surface area (Å²) in [6.45, 7) is 2.78. The predicted molar refractivity (Wildman–Crippen MR) is 58.4 cm³/mol. The molecular formula is C11H18N2O2. The molecule has 0 saturated heterocycles. The molecule has 0 aliphatic rings. The third-order valence-corrected chi connectivity index (χ3v) is 2.18. The van der Waals surface area contributed by atoms with Crippen LogP contribution in [-0.4, -0.2) is 19.5 Å². The summed E-state index contributed by atoms with van der Waals surface area (Å²) < 4.78 is 5.19. The van der Waals surface area contributed by atoms with Crippen molar-refractivity contribution >= 4 is 5.91 Å². The predicted octanol–water partition coefficient (Wildman–Crippen LogP) is 1.46. The molecule has 1 heterocycles. The molecule has 1 rings (SSSR count). The van der Waals surface area contributed by atoms with Crippen LogP contribution in [0.15, 0.2) is 22.8 Å². The summed E-state index contributed by atoms with van der Waals surface area (Å²) in [6.07, 6.45) is 3.01. The first-order chi connectivity index (χ1) is 7.24. The Balaban J connectivity index is 2.26. The maximum Gasteiger partial charge on any atom is 0.220 e. The van der Waals surface area contributed by atoms with Crippen LogP contribution in [0.2, 0.25) is 0 Å². The highest BCUT2D eigenvalue weighted by atomic mass is 16.3. The quantitative estimate of drug-likeness (QED) is 0.699. The molecule has 1 aromatic rings. The van der Waals surface area contributed by atoms with Crippen LogP contribution in [0.3, 0.4) is 0 Å². The maximum absolute atomic E-state index is 11.4. The van der Waals surface area contributed by atoms with E-state index in [1.54, 1.807) is 6.26 Å². The van der Waals surface area contributed by atoms with E-state index >= 15 is 0 Å². The number of carbonyl (C=O) groups excluding carboxylic acids is 1. The van der Waals surface area contributed by atoms with Crippen LogP contribution >= 0.6 is 0 Å². The zero-order chi connectivity index (χ0) is 11.1. The number of hydrogen-bond donors (Lipinski definition) is 2. The highest BCUT2D eigenvalue weighted by molar-refractivity contribution is 5.76. The van der Waals surface area contributed by atoms with E-state index in [4.69, 9.17) is 4.42 Å². The van der Waals surface area contributed by atoms with Crippen molar-refractivity contribution in [3.05, 3.63) is 24.2 Å². The third-order valence-electron chi connectivity index (χ3n) is 2.18. The smallest absolute Gasteiger partial charge is 0.220 e. The van der Waals surface area contributed by atoms with Gasteiger partial charge in [-0.25, -0.2) is 0 Å². The fraction of sp³-hybridized carbons (Fsp3) is 0.545. The first-order valence-corrected chi connectivity index (χ1v) is 5.21. The molecule has 0 aliphatic heterocycles. The van der Waals surface area contributed by atoms with Crippen LogP contribution in [0.25, 0.3) is 0 Å². The molecule has 0 fully saturated rings. The Kier molecular flexibility index (Phi) is 4.90. The topological polar surface area (TPSA) is 54.3 Å². The summed E-state index contributed by atoms with van der Waals surface area (Å²) in [5.74, 6) is 0.853. The summed E-state index contributed by atoms with van der Waals surface area (Å²) in [5.41, 5.74) is 0. The lowest BCUT2D eigenvalue weighted by molar-refractivity contribution is -0.121. The molecule has 15 heavy (non-hydrogen) atoms. The Labute approximate surface area is 90.0 Å². The highest BCUT2D eigenvalue weighted by Crippen LogP contribution is 2.12. The van der Waals surface area contributed by atoms with Gasteiger partial charge >= 0.3 is 0 Å². The number of rotatable bonds is 6. The van der Waals surface area contributed by atoms with Gasteiger partial charge in [0.2, 0.25) is 5.91 Å². The van der Waals surface area contributed by atoms with Crippen LogP contribution in [-0.2, 0) is 4.79 Å². The number of hydrogen-bond acceptors (Lipinski definition) is 3. The zero-order valence-electron chi connectivity index (χ0n) is 9.25. The van der Waals surface area contributed by atoms with Crippen molar-refractivity contribution in [3.63, 3.8) is 0 Å². The molecule has 84 valence electrons. The molecule has 1 aromatic heterocycles. The standard InChI is InChI=1S/C11H18N2O2/c1-9(10-5-4-8-15-10)13-11(14)6-3-7-12-2/h4-5,8-9,12H,3,6-7H2,1-2H3,(H,13,14)/t9-/m1/s1. The molecule has 0 aliphatic carbocycles. The average Bonchev–Trinajstić information content (AvgIpc) is 2.70. The van der Waals surface area contributed by atoms with Crippen LogP contribution in [0, 0.1) is 0 Å². The number of carbonyl (C=O) groups is 1. The number of amides is 1. The van der Waals surface area contributed by atoms with Gasteiger partial charge in [0.05, 0.1) is 12.3 Å². The van der Waals surface area contributed by atoms with Crippen molar-refractivity contribution in [2.24, 2.45) is 0 Å². The molecule has 0 spiro atoms. The molecule has 0 bridgehead atoms. The maximum atomic E-state index is 11.4. The Morgan fingerprint density at radius 2 is 2.40 bits per heavy atom. The summed E-state index contributed by atoms with van der Waals surface area (Å²) >= 11 is 0. The summed E-state index contributed by atoms with van der Waals surface area (Å²) in [4.78, 5) is 11.4. The Hall–Kier alpha value is -1.29. The minimum Gasteiger partial charge on any atom is -0.467 e. The second-order valence-corrected chi connectivity index (χ2v) is 3.51. The molecule has 2 N–H and O–H groups in total. The van der Waals surface area contributed by atoms with E-state index in [1.165, 1.54) is 0 Å². The van der Waals surface area contributed by atoms with E-state index in [-0.39, 0.29) is 11.9 Å². The van der Waals surface area contributed by atoms with Crippen molar-refractivity contribution in [2.45, 2.75) is 25.8 Å². The van der Waals surface area contributed by atoms with Gasteiger partial charge in [0.25, 0.3) is 0 Å². The molecule has 0 aromatic carbocycles. The lowest BCUT2D eigenvalue weighted by Gasteiger charge is -2.11. The van der Waals surface area contributed by atoms with E-state index < -0.39 is 0 Å². The van der Waals surface area contributed by atoms with Crippen molar-refractivity contribution in [2.75, 3.05) is 13.6 Å². The van der Waals surface area contributed by atoms with Crippen molar-refractivity contribution in [3.8, 4) is 0 Å². The second kappa shape index (κ2) is 6.24. The molecular weight excluding hydrogens is 192 g/mol. The molecule has 0 radical (unpaired) electrons. The SMILES string of the molecule is CNCCCC(=O)N[C@H](C)c1ccco1. The summed E-state index contributed by atoms with van der Waals surface area (Å²) in [5, 5.41) is 5.89. The first kappa shape index (κ1) is 11.8. The van der Waals surface area contributed by atoms with E-state index in [9.17, 15) is 4.79 Å². The highest BCUT2D eigenvalue weighted by Gasteiger charge is 2.10. The van der Waals surface area contributed by atoms with E-state index in [0.717, 1.165) is 18.7 Å². The first-order valence-electron chi connectivity index (χ1n) is 5.21. The lowest BCUT2D eigenvalue weighted by atomic mass is 10.2. The molecule has 0 saturated carbocycles. The minimum absolute atomic E-state index is 0.0536. The van der Waals surface area contributed by atoms with E-state index in [1.807, 2.05) is 26.1 Å². The van der Waals surface area contributed by atoms with E-state index in [2.05, 4.69) is 10.6 Å². The summed E-state index contributed by atoms with van der Waals surface area (Å²) in [7, 11) is 1.88. The van der Waals surface area contributed by atoms with Crippen LogP contribution in [0.4, 0.5) is 0 Å². The van der Waals surface area contributed by atoms with Crippen molar-refractivity contribution < 1.29 is 9.21 Å². The van der Waals surface area contributed by atoms with Gasteiger partial charge in [-0.1, -0.05) is 0 Å². The van der Waals surface area contributed by atoms with Gasteiger partial charge in [-0.2, -0.15) is 0 Å². The number of furan rings is 1. The molecule has 1 amide bonds. The second-order valence-electron chi connectivity index (χ2n) is 3.51. The Bertz CT molecular complexity index is 283. The van der Waals surface area contributed by atoms with Crippen LogP contribution in [0.5, 0.6) is 0 Å². The minimum atomic E-state index is -0.0536. The van der Waals surface area contributed by atoms with Crippen molar-refractivity contribution in [1.82, 2.24) is 10.6 Å². The molecule has 4 nitrogen and oxygen atoms in total. The fourth-order valence-corrected chi connectivity index (χ4v) is 1.35. The molecule has 4 heteroatoms.